The van der Waals surface area contributed by atoms with Crippen molar-refractivity contribution in [1.82, 2.24) is 24.7 Å². The maximum Gasteiger partial charge on any atom is 0.248 e. The predicted molar refractivity (Wildman–Crippen MR) is 107 cm³/mol. The third-order valence-corrected chi connectivity index (χ3v) is 4.75. The highest BCUT2D eigenvalue weighted by Crippen LogP contribution is 2.20. The molecule has 0 aliphatic carbocycles. The second-order valence-electron chi connectivity index (χ2n) is 7.08. The van der Waals surface area contributed by atoms with Crippen molar-refractivity contribution in [2.75, 3.05) is 23.3 Å². The molecule has 27 heavy (non-hydrogen) atoms. The standard InChI is InChI=1S/C20H25N7/c1-15-11-16(2)23-18(12-15)24-20-22-14-27(25-20)17-7-8-21-19(13-17)26-9-5-3-4-6-10-26/h7-8,11-14H,3-6,9-10H2,1-2H3,(H,23,24,25). The maximum atomic E-state index is 4.56. The predicted octanol–water partition coefficient (Wildman–Crippen LogP) is 3.80. The van der Waals surface area contributed by atoms with Crippen molar-refractivity contribution in [2.24, 2.45) is 0 Å². The summed E-state index contributed by atoms with van der Waals surface area (Å²) in [5.41, 5.74) is 3.08. The molecule has 0 atom stereocenters. The van der Waals surface area contributed by atoms with Crippen LogP contribution in [0, 0.1) is 13.8 Å². The fourth-order valence-electron chi connectivity index (χ4n) is 3.49. The van der Waals surface area contributed by atoms with Gasteiger partial charge in [0.2, 0.25) is 5.95 Å². The largest absolute Gasteiger partial charge is 0.357 e. The maximum absolute atomic E-state index is 4.56. The van der Waals surface area contributed by atoms with E-state index in [2.05, 4.69) is 36.3 Å². The third-order valence-electron chi connectivity index (χ3n) is 4.75. The fraction of sp³-hybridized carbons (Fsp3) is 0.400. The number of aromatic nitrogens is 5. The Kier molecular flexibility index (Phi) is 5.00. The van der Waals surface area contributed by atoms with E-state index < -0.39 is 0 Å². The molecule has 1 fully saturated rings. The smallest absolute Gasteiger partial charge is 0.248 e. The molecule has 3 aromatic rings. The summed E-state index contributed by atoms with van der Waals surface area (Å²) >= 11 is 0. The van der Waals surface area contributed by atoms with Crippen LogP contribution in [0.4, 0.5) is 17.6 Å². The number of hydrogen-bond donors (Lipinski definition) is 1. The summed E-state index contributed by atoms with van der Waals surface area (Å²) in [6.07, 6.45) is 8.63. The molecule has 3 aromatic heterocycles. The first-order chi connectivity index (χ1) is 13.2. The zero-order valence-corrected chi connectivity index (χ0v) is 15.9. The Morgan fingerprint density at radius 3 is 2.56 bits per heavy atom. The van der Waals surface area contributed by atoms with Gasteiger partial charge in [0.15, 0.2) is 0 Å². The van der Waals surface area contributed by atoms with E-state index in [0.717, 1.165) is 41.7 Å². The molecule has 1 saturated heterocycles. The van der Waals surface area contributed by atoms with Crippen molar-refractivity contribution in [3.05, 3.63) is 48.0 Å². The second kappa shape index (κ2) is 7.73. The van der Waals surface area contributed by atoms with Crippen LogP contribution in [0.15, 0.2) is 36.8 Å². The molecule has 7 nitrogen and oxygen atoms in total. The van der Waals surface area contributed by atoms with Gasteiger partial charge in [-0.05, 0) is 50.5 Å². The average Bonchev–Trinajstić information content (AvgIpc) is 2.94. The lowest BCUT2D eigenvalue weighted by atomic mass is 10.2. The molecule has 1 aliphatic rings. The molecule has 4 heterocycles. The van der Waals surface area contributed by atoms with E-state index in [9.17, 15) is 0 Å². The molecule has 0 radical (unpaired) electrons. The Morgan fingerprint density at radius 1 is 0.963 bits per heavy atom. The van der Waals surface area contributed by atoms with Gasteiger partial charge < -0.3 is 10.2 Å². The first-order valence-corrected chi connectivity index (χ1v) is 9.53. The molecule has 0 saturated carbocycles. The molecule has 1 N–H and O–H groups in total. The molecule has 0 amide bonds. The minimum Gasteiger partial charge on any atom is -0.357 e. The lowest BCUT2D eigenvalue weighted by Crippen LogP contribution is -2.24. The Bertz CT molecular complexity index is 890. The number of nitrogens with one attached hydrogen (secondary N) is 1. The van der Waals surface area contributed by atoms with Crippen LogP contribution in [0.3, 0.4) is 0 Å². The quantitative estimate of drug-likeness (QED) is 0.760. The number of anilines is 3. The number of pyridine rings is 2. The van der Waals surface area contributed by atoms with Crippen molar-refractivity contribution in [1.29, 1.82) is 0 Å². The zero-order chi connectivity index (χ0) is 18.6. The Hall–Kier alpha value is -2.96. The van der Waals surface area contributed by atoms with Crippen molar-refractivity contribution in [2.45, 2.75) is 39.5 Å². The van der Waals surface area contributed by atoms with Gasteiger partial charge in [0.1, 0.15) is 18.0 Å². The van der Waals surface area contributed by atoms with Gasteiger partial charge in [-0.15, -0.1) is 5.10 Å². The van der Waals surface area contributed by atoms with Crippen molar-refractivity contribution in [3.8, 4) is 5.69 Å². The summed E-state index contributed by atoms with van der Waals surface area (Å²) in [4.78, 5) is 15.8. The van der Waals surface area contributed by atoms with Gasteiger partial charge in [-0.2, -0.15) is 4.98 Å². The van der Waals surface area contributed by atoms with Gasteiger partial charge in [0.05, 0.1) is 5.69 Å². The molecular formula is C20H25N7. The van der Waals surface area contributed by atoms with Crippen LogP contribution >= 0.6 is 0 Å². The van der Waals surface area contributed by atoms with E-state index in [1.165, 1.54) is 25.7 Å². The van der Waals surface area contributed by atoms with Crippen LogP contribution in [0.25, 0.3) is 5.69 Å². The van der Waals surface area contributed by atoms with Gasteiger partial charge >= 0.3 is 0 Å². The Balaban J connectivity index is 1.53. The van der Waals surface area contributed by atoms with E-state index in [-0.39, 0.29) is 0 Å². The minimum absolute atomic E-state index is 0.528. The van der Waals surface area contributed by atoms with Crippen LogP contribution < -0.4 is 10.2 Å². The molecule has 7 heteroatoms. The van der Waals surface area contributed by atoms with E-state index in [0.29, 0.717) is 5.95 Å². The van der Waals surface area contributed by atoms with Crippen LogP contribution in [0.1, 0.15) is 36.9 Å². The molecule has 1 aliphatic heterocycles. The van der Waals surface area contributed by atoms with Gasteiger partial charge in [0.25, 0.3) is 0 Å². The van der Waals surface area contributed by atoms with Crippen molar-refractivity contribution in [3.63, 3.8) is 0 Å². The van der Waals surface area contributed by atoms with Crippen LogP contribution in [-0.4, -0.2) is 37.8 Å². The second-order valence-corrected chi connectivity index (χ2v) is 7.08. The van der Waals surface area contributed by atoms with Gasteiger partial charge in [-0.1, -0.05) is 12.8 Å². The molecular weight excluding hydrogens is 338 g/mol. The fourth-order valence-corrected chi connectivity index (χ4v) is 3.49. The van der Waals surface area contributed by atoms with Gasteiger partial charge in [0, 0.05) is 31.0 Å². The summed E-state index contributed by atoms with van der Waals surface area (Å²) in [6.45, 7) is 6.16. The molecule has 0 unspecified atom stereocenters. The highest BCUT2D eigenvalue weighted by molar-refractivity contribution is 5.50. The van der Waals surface area contributed by atoms with E-state index in [1.54, 1.807) is 11.0 Å². The monoisotopic (exact) mass is 363 g/mol. The number of aryl methyl sites for hydroxylation is 2. The lowest BCUT2D eigenvalue weighted by molar-refractivity contribution is 0.726. The van der Waals surface area contributed by atoms with E-state index >= 15 is 0 Å². The third kappa shape index (κ3) is 4.24. The van der Waals surface area contributed by atoms with Crippen molar-refractivity contribution < 1.29 is 0 Å². The van der Waals surface area contributed by atoms with Gasteiger partial charge in [-0.3, -0.25) is 0 Å². The highest BCUT2D eigenvalue weighted by Gasteiger charge is 2.12. The molecule has 0 spiro atoms. The summed E-state index contributed by atoms with van der Waals surface area (Å²) < 4.78 is 1.77. The van der Waals surface area contributed by atoms with E-state index in [1.807, 2.05) is 38.2 Å². The van der Waals surface area contributed by atoms with E-state index in [4.69, 9.17) is 0 Å². The topological polar surface area (TPSA) is 71.8 Å². The minimum atomic E-state index is 0.528. The lowest BCUT2D eigenvalue weighted by Gasteiger charge is -2.21. The highest BCUT2D eigenvalue weighted by atomic mass is 15.4. The average molecular weight is 363 g/mol. The molecule has 4 rings (SSSR count). The molecule has 0 bridgehead atoms. The number of rotatable bonds is 4. The Morgan fingerprint density at radius 2 is 1.78 bits per heavy atom. The SMILES string of the molecule is Cc1cc(C)nc(Nc2ncn(-c3ccnc(N4CCCCCC4)c3)n2)c1. The number of nitrogens with zero attached hydrogens (tertiary/aromatic N) is 6. The molecule has 0 aromatic carbocycles. The summed E-state index contributed by atoms with van der Waals surface area (Å²) in [5, 5.41) is 7.73. The summed E-state index contributed by atoms with van der Waals surface area (Å²) in [6, 6.07) is 8.06. The van der Waals surface area contributed by atoms with Gasteiger partial charge in [-0.25, -0.2) is 14.6 Å². The summed E-state index contributed by atoms with van der Waals surface area (Å²) in [5.74, 6) is 2.29. The first-order valence-electron chi connectivity index (χ1n) is 9.53. The normalized spacial score (nSPS) is 14.8. The van der Waals surface area contributed by atoms with Crippen LogP contribution in [-0.2, 0) is 0 Å². The zero-order valence-electron chi connectivity index (χ0n) is 15.9. The van der Waals surface area contributed by atoms with Crippen LogP contribution in [0.2, 0.25) is 0 Å². The van der Waals surface area contributed by atoms with Crippen molar-refractivity contribution >= 4 is 17.6 Å². The number of hydrogen-bond acceptors (Lipinski definition) is 6. The first kappa shape index (κ1) is 17.5. The summed E-state index contributed by atoms with van der Waals surface area (Å²) in [7, 11) is 0. The van der Waals surface area contributed by atoms with Crippen LogP contribution in [0.5, 0.6) is 0 Å². The molecule has 140 valence electrons. The Labute approximate surface area is 159 Å².